The molecule has 2 rings (SSSR count). The Balaban J connectivity index is 2.24. The van der Waals surface area contributed by atoms with E-state index >= 15 is 0 Å². The van der Waals surface area contributed by atoms with Gasteiger partial charge in [0, 0.05) is 5.56 Å². The van der Waals surface area contributed by atoms with Crippen molar-refractivity contribution < 1.29 is 9.53 Å². The number of aromatic nitrogens is 1. The van der Waals surface area contributed by atoms with Crippen LogP contribution in [0, 0.1) is 11.8 Å². The summed E-state index contributed by atoms with van der Waals surface area (Å²) in [5.41, 5.74) is 1.58. The molecule has 2 aromatic rings. The van der Waals surface area contributed by atoms with Crippen LogP contribution in [0.3, 0.4) is 0 Å². The number of ether oxygens (including phenoxy) is 1. The maximum atomic E-state index is 11.1. The SMILES string of the molecule is COC(=O)CC#Cc1ccc2[nH]c(=O)sc2c1. The average Bonchev–Trinajstić information content (AvgIpc) is 2.68. The molecule has 0 unspecified atom stereocenters. The Morgan fingerprint density at radius 1 is 1.53 bits per heavy atom. The molecule has 1 aromatic heterocycles. The summed E-state index contributed by atoms with van der Waals surface area (Å²) in [6.07, 6.45) is 0.0674. The molecule has 0 aliphatic carbocycles. The Morgan fingerprint density at radius 3 is 3.12 bits per heavy atom. The summed E-state index contributed by atoms with van der Waals surface area (Å²) in [5.74, 6) is 5.21. The summed E-state index contributed by atoms with van der Waals surface area (Å²) >= 11 is 1.14. The number of hydrogen-bond donors (Lipinski definition) is 1. The molecule has 0 atom stereocenters. The molecule has 0 fully saturated rings. The van der Waals surface area contributed by atoms with Crippen LogP contribution >= 0.6 is 11.3 Å². The fraction of sp³-hybridized carbons (Fsp3) is 0.167. The van der Waals surface area contributed by atoms with E-state index in [0.717, 1.165) is 27.1 Å². The van der Waals surface area contributed by atoms with E-state index in [9.17, 15) is 9.59 Å². The van der Waals surface area contributed by atoms with Gasteiger partial charge < -0.3 is 9.72 Å². The number of carbonyl (C=O) groups excluding carboxylic acids is 1. The quantitative estimate of drug-likeness (QED) is 0.613. The monoisotopic (exact) mass is 247 g/mol. The van der Waals surface area contributed by atoms with Gasteiger partial charge in [-0.15, -0.1) is 0 Å². The number of rotatable bonds is 1. The van der Waals surface area contributed by atoms with Gasteiger partial charge in [0.15, 0.2) is 0 Å². The van der Waals surface area contributed by atoms with E-state index in [1.807, 2.05) is 6.07 Å². The van der Waals surface area contributed by atoms with Crippen LogP contribution in [0.15, 0.2) is 23.0 Å². The number of fused-ring (bicyclic) bond motifs is 1. The van der Waals surface area contributed by atoms with Gasteiger partial charge in [-0.1, -0.05) is 23.2 Å². The molecule has 0 amide bonds. The molecule has 4 nitrogen and oxygen atoms in total. The Kier molecular flexibility index (Phi) is 3.26. The lowest BCUT2D eigenvalue weighted by molar-refractivity contribution is -0.139. The largest absolute Gasteiger partial charge is 0.468 e. The lowest BCUT2D eigenvalue weighted by Crippen LogP contribution is -1.96. The first-order valence-corrected chi connectivity index (χ1v) is 5.69. The molecule has 1 heterocycles. The van der Waals surface area contributed by atoms with Gasteiger partial charge in [-0.05, 0) is 18.2 Å². The van der Waals surface area contributed by atoms with Crippen molar-refractivity contribution >= 4 is 27.5 Å². The molecule has 0 saturated carbocycles. The first-order valence-electron chi connectivity index (χ1n) is 4.87. The summed E-state index contributed by atoms with van der Waals surface area (Å²) in [7, 11) is 1.33. The standard InChI is InChI=1S/C12H9NO3S/c1-16-11(14)4-2-3-8-5-6-9-10(7-8)17-12(15)13-9/h5-7H,4H2,1H3,(H,13,15). The van der Waals surface area contributed by atoms with Crippen molar-refractivity contribution in [2.45, 2.75) is 6.42 Å². The van der Waals surface area contributed by atoms with Gasteiger partial charge in [0.1, 0.15) is 6.42 Å². The van der Waals surface area contributed by atoms with Crippen LogP contribution in [0.1, 0.15) is 12.0 Å². The average molecular weight is 247 g/mol. The van der Waals surface area contributed by atoms with Crippen LogP contribution in [-0.2, 0) is 9.53 Å². The Labute approximate surface area is 101 Å². The molecular formula is C12H9NO3S. The molecule has 0 aliphatic heterocycles. The fourth-order valence-electron chi connectivity index (χ4n) is 1.31. The molecule has 0 bridgehead atoms. The van der Waals surface area contributed by atoms with Crippen LogP contribution in [0.5, 0.6) is 0 Å². The zero-order valence-corrected chi connectivity index (χ0v) is 9.89. The third-order valence-electron chi connectivity index (χ3n) is 2.11. The minimum atomic E-state index is -0.357. The number of thiazole rings is 1. The molecule has 1 N–H and O–H groups in total. The Morgan fingerprint density at radius 2 is 2.35 bits per heavy atom. The van der Waals surface area contributed by atoms with E-state index in [0.29, 0.717) is 0 Å². The van der Waals surface area contributed by atoms with Crippen molar-refractivity contribution in [2.24, 2.45) is 0 Å². The molecule has 86 valence electrons. The smallest absolute Gasteiger partial charge is 0.317 e. The number of aromatic amines is 1. The van der Waals surface area contributed by atoms with Crippen molar-refractivity contribution in [1.82, 2.24) is 4.98 Å². The maximum absolute atomic E-state index is 11.1. The molecular weight excluding hydrogens is 238 g/mol. The van der Waals surface area contributed by atoms with Crippen LogP contribution in [-0.4, -0.2) is 18.1 Å². The van der Waals surface area contributed by atoms with Crippen LogP contribution in [0.25, 0.3) is 10.2 Å². The van der Waals surface area contributed by atoms with Gasteiger partial charge >= 0.3 is 10.8 Å². The zero-order chi connectivity index (χ0) is 12.3. The van der Waals surface area contributed by atoms with Crippen LogP contribution in [0.4, 0.5) is 0 Å². The van der Waals surface area contributed by atoms with Gasteiger partial charge in [0.2, 0.25) is 0 Å². The molecule has 17 heavy (non-hydrogen) atoms. The highest BCUT2D eigenvalue weighted by atomic mass is 32.1. The summed E-state index contributed by atoms with van der Waals surface area (Å²) in [5, 5.41) is 0. The maximum Gasteiger partial charge on any atom is 0.317 e. The topological polar surface area (TPSA) is 59.2 Å². The number of esters is 1. The van der Waals surface area contributed by atoms with Crippen LogP contribution in [0.2, 0.25) is 0 Å². The van der Waals surface area contributed by atoms with Crippen molar-refractivity contribution in [1.29, 1.82) is 0 Å². The summed E-state index contributed by atoms with van der Waals surface area (Å²) in [4.78, 5) is 24.6. The predicted octanol–water partition coefficient (Wildman–Crippen LogP) is 1.50. The van der Waals surface area contributed by atoms with Crippen LogP contribution < -0.4 is 4.87 Å². The molecule has 0 spiro atoms. The minimum absolute atomic E-state index is 0.0674. The molecule has 1 aromatic carbocycles. The predicted molar refractivity (Wildman–Crippen MR) is 66.0 cm³/mol. The molecule has 5 heteroatoms. The van der Waals surface area contributed by atoms with E-state index in [1.54, 1.807) is 12.1 Å². The highest BCUT2D eigenvalue weighted by Crippen LogP contribution is 2.15. The number of benzene rings is 1. The van der Waals surface area contributed by atoms with Gasteiger partial charge in [0.25, 0.3) is 0 Å². The minimum Gasteiger partial charge on any atom is -0.468 e. The highest BCUT2D eigenvalue weighted by molar-refractivity contribution is 7.16. The Hall–Kier alpha value is -2.06. The lowest BCUT2D eigenvalue weighted by Gasteiger charge is -1.91. The third-order valence-corrected chi connectivity index (χ3v) is 2.96. The number of carbonyl (C=O) groups is 1. The summed E-state index contributed by atoms with van der Waals surface area (Å²) in [6.45, 7) is 0. The normalized spacial score (nSPS) is 9.71. The highest BCUT2D eigenvalue weighted by Gasteiger charge is 1.99. The third kappa shape index (κ3) is 2.74. The molecule has 0 radical (unpaired) electrons. The van der Waals surface area contributed by atoms with Gasteiger partial charge in [-0.3, -0.25) is 9.59 Å². The van der Waals surface area contributed by atoms with E-state index in [2.05, 4.69) is 21.6 Å². The fourth-order valence-corrected chi connectivity index (χ4v) is 2.09. The number of nitrogens with one attached hydrogen (secondary N) is 1. The first kappa shape index (κ1) is 11.4. The summed E-state index contributed by atoms with van der Waals surface area (Å²) < 4.78 is 5.34. The van der Waals surface area contributed by atoms with E-state index < -0.39 is 0 Å². The number of methoxy groups -OCH3 is 1. The van der Waals surface area contributed by atoms with Crippen molar-refractivity contribution in [3.63, 3.8) is 0 Å². The number of H-pyrrole nitrogens is 1. The zero-order valence-electron chi connectivity index (χ0n) is 9.07. The Bertz CT molecular complexity index is 672. The number of hydrogen-bond acceptors (Lipinski definition) is 4. The summed E-state index contributed by atoms with van der Waals surface area (Å²) in [6, 6.07) is 5.42. The molecule has 0 saturated heterocycles. The molecule has 0 aliphatic rings. The lowest BCUT2D eigenvalue weighted by atomic mass is 10.2. The first-order chi connectivity index (χ1) is 8.19. The van der Waals surface area contributed by atoms with Crippen molar-refractivity contribution in [3.05, 3.63) is 33.4 Å². The second-order valence-corrected chi connectivity index (χ2v) is 4.29. The van der Waals surface area contributed by atoms with E-state index in [4.69, 9.17) is 0 Å². The second-order valence-electron chi connectivity index (χ2n) is 3.28. The van der Waals surface area contributed by atoms with E-state index in [1.165, 1.54) is 7.11 Å². The second kappa shape index (κ2) is 4.85. The van der Waals surface area contributed by atoms with Crippen molar-refractivity contribution in [2.75, 3.05) is 7.11 Å². The van der Waals surface area contributed by atoms with Gasteiger partial charge in [0.05, 0.1) is 17.3 Å². The van der Waals surface area contributed by atoms with Gasteiger partial charge in [-0.2, -0.15) is 0 Å². The van der Waals surface area contributed by atoms with Crippen molar-refractivity contribution in [3.8, 4) is 11.8 Å². The van der Waals surface area contributed by atoms with Gasteiger partial charge in [-0.25, -0.2) is 0 Å². The van der Waals surface area contributed by atoms with E-state index in [-0.39, 0.29) is 17.3 Å².